The van der Waals surface area contributed by atoms with Gasteiger partial charge in [0, 0.05) is 5.56 Å². The van der Waals surface area contributed by atoms with E-state index in [1.807, 2.05) is 12.3 Å². The lowest BCUT2D eigenvalue weighted by molar-refractivity contribution is 0.104. The van der Waals surface area contributed by atoms with Crippen LogP contribution in [0.25, 0.3) is 0 Å². The Morgan fingerprint density at radius 1 is 1.31 bits per heavy atom. The van der Waals surface area contributed by atoms with Gasteiger partial charge < -0.3 is 0 Å². The van der Waals surface area contributed by atoms with Crippen LogP contribution < -0.4 is 0 Å². The van der Waals surface area contributed by atoms with Gasteiger partial charge in [-0.15, -0.1) is 11.3 Å². The average Bonchev–Trinajstić information content (AvgIpc) is 2.60. The third kappa shape index (κ3) is 2.01. The molecule has 0 saturated carbocycles. The predicted octanol–water partition coefficient (Wildman–Crippen LogP) is 4.08. The number of aryl methyl sites for hydroxylation is 1. The van der Waals surface area contributed by atoms with Crippen LogP contribution in [0.1, 0.15) is 20.8 Å². The van der Waals surface area contributed by atoms with E-state index in [0.717, 1.165) is 5.56 Å². The van der Waals surface area contributed by atoms with E-state index < -0.39 is 0 Å². The quantitative estimate of drug-likeness (QED) is 0.738. The summed E-state index contributed by atoms with van der Waals surface area (Å²) in [5.41, 5.74) is 1.34. The van der Waals surface area contributed by atoms with E-state index in [4.69, 9.17) is 11.6 Å². The van der Waals surface area contributed by atoms with Crippen molar-refractivity contribution in [1.29, 1.82) is 0 Å². The van der Waals surface area contributed by atoms with E-state index in [1.165, 1.54) is 35.6 Å². The number of ketones is 1. The van der Waals surface area contributed by atoms with Crippen molar-refractivity contribution in [3.8, 4) is 0 Å². The number of carbonyl (C=O) groups is 1. The third-order valence-corrected chi connectivity index (χ3v) is 3.91. The van der Waals surface area contributed by atoms with Crippen molar-refractivity contribution in [2.24, 2.45) is 0 Å². The van der Waals surface area contributed by atoms with Crippen molar-refractivity contribution in [3.05, 3.63) is 56.5 Å². The Balaban J connectivity index is 2.39. The molecule has 0 aliphatic carbocycles. The van der Waals surface area contributed by atoms with Crippen LogP contribution in [0, 0.1) is 12.7 Å². The monoisotopic (exact) mass is 254 g/mol. The van der Waals surface area contributed by atoms with Crippen molar-refractivity contribution < 1.29 is 9.18 Å². The maximum absolute atomic E-state index is 12.7. The number of benzene rings is 1. The molecular weight excluding hydrogens is 247 g/mol. The molecule has 0 N–H and O–H groups in total. The minimum Gasteiger partial charge on any atom is -0.288 e. The minimum absolute atomic E-state index is 0.164. The standard InChI is InChI=1S/C12H8ClFOS/c1-7-6-16-12(10(7)13)11(15)8-2-4-9(14)5-3-8/h2-6H,1H3. The Hall–Kier alpha value is -1.19. The Morgan fingerprint density at radius 2 is 1.94 bits per heavy atom. The van der Waals surface area contributed by atoms with Gasteiger partial charge in [-0.25, -0.2) is 4.39 Å². The first kappa shape index (κ1) is 11.3. The molecule has 0 aliphatic rings. The van der Waals surface area contributed by atoms with Gasteiger partial charge in [0.05, 0.1) is 9.90 Å². The van der Waals surface area contributed by atoms with Crippen LogP contribution in [0.2, 0.25) is 5.02 Å². The topological polar surface area (TPSA) is 17.1 Å². The Labute approximate surface area is 101 Å². The van der Waals surface area contributed by atoms with E-state index in [9.17, 15) is 9.18 Å². The van der Waals surface area contributed by atoms with Crippen LogP contribution in [-0.2, 0) is 0 Å². The van der Waals surface area contributed by atoms with Crippen molar-refractivity contribution >= 4 is 28.7 Å². The summed E-state index contributed by atoms with van der Waals surface area (Å²) in [5.74, 6) is -0.520. The molecule has 0 fully saturated rings. The van der Waals surface area contributed by atoms with E-state index in [-0.39, 0.29) is 11.6 Å². The van der Waals surface area contributed by atoms with Gasteiger partial charge >= 0.3 is 0 Å². The smallest absolute Gasteiger partial charge is 0.204 e. The van der Waals surface area contributed by atoms with E-state index in [2.05, 4.69) is 0 Å². The summed E-state index contributed by atoms with van der Waals surface area (Å²) in [7, 11) is 0. The maximum Gasteiger partial charge on any atom is 0.204 e. The fraction of sp³-hybridized carbons (Fsp3) is 0.0833. The molecule has 82 valence electrons. The highest BCUT2D eigenvalue weighted by Crippen LogP contribution is 2.29. The first-order chi connectivity index (χ1) is 7.59. The summed E-state index contributed by atoms with van der Waals surface area (Å²) in [6.45, 7) is 1.85. The molecule has 1 aromatic carbocycles. The first-order valence-electron chi connectivity index (χ1n) is 4.63. The van der Waals surface area contributed by atoms with Crippen LogP contribution in [0.5, 0.6) is 0 Å². The SMILES string of the molecule is Cc1csc(C(=O)c2ccc(F)cc2)c1Cl. The fourth-order valence-electron chi connectivity index (χ4n) is 1.32. The average molecular weight is 255 g/mol. The summed E-state index contributed by atoms with van der Waals surface area (Å²) in [6, 6.07) is 5.45. The highest BCUT2D eigenvalue weighted by molar-refractivity contribution is 7.13. The third-order valence-electron chi connectivity index (χ3n) is 2.21. The Morgan fingerprint density at radius 3 is 2.44 bits per heavy atom. The molecule has 0 spiro atoms. The zero-order valence-corrected chi connectivity index (χ0v) is 10.0. The van der Waals surface area contributed by atoms with Gasteiger partial charge in [0.15, 0.2) is 0 Å². The zero-order valence-electron chi connectivity index (χ0n) is 8.46. The summed E-state index contributed by atoms with van der Waals surface area (Å²) in [6.07, 6.45) is 0. The maximum atomic E-state index is 12.7. The fourth-order valence-corrected chi connectivity index (χ4v) is 2.56. The minimum atomic E-state index is -0.356. The van der Waals surface area contributed by atoms with Crippen LogP contribution in [-0.4, -0.2) is 5.78 Å². The van der Waals surface area contributed by atoms with Gasteiger partial charge in [-0.05, 0) is 42.1 Å². The van der Waals surface area contributed by atoms with E-state index in [0.29, 0.717) is 15.5 Å². The lowest BCUT2D eigenvalue weighted by atomic mass is 10.1. The second kappa shape index (κ2) is 4.36. The van der Waals surface area contributed by atoms with E-state index in [1.54, 1.807) is 0 Å². The molecule has 0 amide bonds. The van der Waals surface area contributed by atoms with E-state index >= 15 is 0 Å². The number of hydrogen-bond donors (Lipinski definition) is 0. The molecule has 0 aliphatic heterocycles. The highest BCUT2D eigenvalue weighted by atomic mass is 35.5. The van der Waals surface area contributed by atoms with Crippen molar-refractivity contribution in [3.63, 3.8) is 0 Å². The largest absolute Gasteiger partial charge is 0.288 e. The summed E-state index contributed by atoms with van der Waals surface area (Å²) in [4.78, 5) is 12.5. The molecule has 0 radical (unpaired) electrons. The molecule has 0 unspecified atom stereocenters. The lowest BCUT2D eigenvalue weighted by Crippen LogP contribution is -1.99. The van der Waals surface area contributed by atoms with Gasteiger partial charge in [-0.2, -0.15) is 0 Å². The molecule has 0 atom stereocenters. The predicted molar refractivity (Wildman–Crippen MR) is 63.9 cm³/mol. The molecule has 1 nitrogen and oxygen atoms in total. The number of halogens is 2. The lowest BCUT2D eigenvalue weighted by Gasteiger charge is -1.99. The van der Waals surface area contributed by atoms with Gasteiger partial charge in [0.25, 0.3) is 0 Å². The van der Waals surface area contributed by atoms with Crippen molar-refractivity contribution in [2.75, 3.05) is 0 Å². The Bertz CT molecular complexity index is 530. The molecule has 1 heterocycles. The van der Waals surface area contributed by atoms with Gasteiger partial charge in [-0.1, -0.05) is 11.6 Å². The summed E-state index contributed by atoms with van der Waals surface area (Å²) >= 11 is 7.31. The van der Waals surface area contributed by atoms with Crippen LogP contribution in [0.15, 0.2) is 29.6 Å². The number of thiophene rings is 1. The molecular formula is C12H8ClFOS. The van der Waals surface area contributed by atoms with Gasteiger partial charge in [0.2, 0.25) is 5.78 Å². The zero-order chi connectivity index (χ0) is 11.7. The molecule has 1 aromatic heterocycles. The molecule has 4 heteroatoms. The second-order valence-corrected chi connectivity index (χ2v) is 4.66. The van der Waals surface area contributed by atoms with Crippen molar-refractivity contribution in [2.45, 2.75) is 6.92 Å². The highest BCUT2D eigenvalue weighted by Gasteiger charge is 2.16. The number of hydrogen-bond acceptors (Lipinski definition) is 2. The second-order valence-electron chi connectivity index (χ2n) is 3.40. The van der Waals surface area contributed by atoms with Crippen LogP contribution in [0.4, 0.5) is 4.39 Å². The van der Waals surface area contributed by atoms with Crippen LogP contribution in [0.3, 0.4) is 0 Å². The van der Waals surface area contributed by atoms with Crippen LogP contribution >= 0.6 is 22.9 Å². The number of rotatable bonds is 2. The molecule has 16 heavy (non-hydrogen) atoms. The Kier molecular flexibility index (Phi) is 3.08. The molecule has 2 aromatic rings. The van der Waals surface area contributed by atoms with Gasteiger partial charge in [0.1, 0.15) is 5.82 Å². The van der Waals surface area contributed by atoms with Gasteiger partial charge in [-0.3, -0.25) is 4.79 Å². The number of carbonyl (C=O) groups excluding carboxylic acids is 1. The molecule has 2 rings (SSSR count). The first-order valence-corrected chi connectivity index (χ1v) is 5.89. The molecule has 0 saturated heterocycles. The molecule has 0 bridgehead atoms. The normalized spacial score (nSPS) is 10.4. The summed E-state index contributed by atoms with van der Waals surface area (Å²) in [5, 5.41) is 2.32. The van der Waals surface area contributed by atoms with Crippen molar-refractivity contribution in [1.82, 2.24) is 0 Å². The summed E-state index contributed by atoms with van der Waals surface area (Å²) < 4.78 is 12.7.